The summed E-state index contributed by atoms with van der Waals surface area (Å²) in [7, 11) is 0. The van der Waals surface area contributed by atoms with E-state index in [4.69, 9.17) is 21.0 Å². The third-order valence-electron chi connectivity index (χ3n) is 0. The lowest BCUT2D eigenvalue weighted by Gasteiger charge is -1.25. The van der Waals surface area contributed by atoms with E-state index < -0.39 is 0 Å². The van der Waals surface area contributed by atoms with Crippen molar-refractivity contribution in [3.63, 3.8) is 0 Å². The van der Waals surface area contributed by atoms with Crippen molar-refractivity contribution in [2.45, 2.75) is 0 Å². The summed E-state index contributed by atoms with van der Waals surface area (Å²) in [5, 5.41) is 24.0. The molecule has 0 saturated carbocycles. The van der Waals surface area contributed by atoms with Gasteiger partial charge in [0.05, 0.1) is 0 Å². The molecule has 0 aliphatic rings. The highest BCUT2D eigenvalue weighted by Crippen LogP contribution is 0.713. The highest BCUT2D eigenvalue weighted by molar-refractivity contribution is 7.59. The smallest absolute Gasteiger partial charge is 0.197 e. The molecule has 0 spiro atoms. The topological polar surface area (TPSA) is 80.9 Å². The SMILES string of the molecule is OO.OO.S. The van der Waals surface area contributed by atoms with Crippen LogP contribution < -0.4 is 0 Å². The van der Waals surface area contributed by atoms with Gasteiger partial charge in [0.2, 0.25) is 0 Å². The van der Waals surface area contributed by atoms with Gasteiger partial charge in [-0.3, -0.25) is 21.0 Å². The van der Waals surface area contributed by atoms with Crippen LogP contribution in [0, 0.1) is 0 Å². The fraction of sp³-hybridized carbons (Fsp3) is 0. The summed E-state index contributed by atoms with van der Waals surface area (Å²) >= 11 is 0. The van der Waals surface area contributed by atoms with E-state index in [0.717, 1.165) is 0 Å². The molecule has 5 heteroatoms. The molecule has 5 heavy (non-hydrogen) atoms. The van der Waals surface area contributed by atoms with E-state index in [9.17, 15) is 0 Å². The Morgan fingerprint density at radius 1 is 0.600 bits per heavy atom. The van der Waals surface area contributed by atoms with Crippen molar-refractivity contribution in [3.8, 4) is 0 Å². The minimum absolute atomic E-state index is 0. The summed E-state index contributed by atoms with van der Waals surface area (Å²) in [6, 6.07) is 0. The van der Waals surface area contributed by atoms with Crippen LogP contribution in [0.4, 0.5) is 0 Å². The van der Waals surface area contributed by atoms with Gasteiger partial charge < -0.3 is 0 Å². The molecule has 0 atom stereocenters. The maximum absolute atomic E-state index is 6.00. The van der Waals surface area contributed by atoms with Crippen LogP contribution in [0.25, 0.3) is 0 Å². The van der Waals surface area contributed by atoms with Crippen molar-refractivity contribution in [2.24, 2.45) is 0 Å². The molecule has 0 aromatic rings. The normalized spacial score (nSPS) is 2.40. The third-order valence-corrected chi connectivity index (χ3v) is 0. The first kappa shape index (κ1) is 19.0. The van der Waals surface area contributed by atoms with E-state index in [0.29, 0.717) is 0 Å². The van der Waals surface area contributed by atoms with Gasteiger partial charge >= 0.3 is 0 Å². The van der Waals surface area contributed by atoms with Crippen molar-refractivity contribution >= 4 is 13.5 Å². The van der Waals surface area contributed by atoms with Gasteiger partial charge in [0.25, 0.3) is 0 Å². The molecule has 0 bridgehead atoms. The van der Waals surface area contributed by atoms with Gasteiger partial charge in [-0.25, -0.2) is 0 Å². The second-order valence-electron chi connectivity index (χ2n) is 0. The van der Waals surface area contributed by atoms with Crippen molar-refractivity contribution < 1.29 is 21.0 Å². The van der Waals surface area contributed by atoms with Gasteiger partial charge in [0.15, 0.2) is 0 Å². The first-order valence-corrected chi connectivity index (χ1v) is 0.400. The van der Waals surface area contributed by atoms with E-state index in [2.05, 4.69) is 0 Å². The van der Waals surface area contributed by atoms with Crippen molar-refractivity contribution in [1.29, 1.82) is 0 Å². The molecule has 0 radical (unpaired) electrons. The second-order valence-corrected chi connectivity index (χ2v) is 0. The summed E-state index contributed by atoms with van der Waals surface area (Å²) in [4.78, 5) is 0. The molecule has 0 aliphatic heterocycles. The zero-order valence-corrected chi connectivity index (χ0v) is 3.29. The van der Waals surface area contributed by atoms with E-state index in [1.54, 1.807) is 0 Å². The molecule has 4 N–H and O–H groups in total. The lowest BCUT2D eigenvalue weighted by Crippen LogP contribution is -1.29. The molecule has 0 fully saturated rings. The Balaban J connectivity index is -0.0000000133. The van der Waals surface area contributed by atoms with Crippen LogP contribution in [-0.4, -0.2) is 21.0 Å². The summed E-state index contributed by atoms with van der Waals surface area (Å²) < 4.78 is 0. The number of hydrogen-bond acceptors (Lipinski definition) is 4. The molecule has 0 aliphatic carbocycles. The fourth-order valence-electron chi connectivity index (χ4n) is 0. The van der Waals surface area contributed by atoms with Gasteiger partial charge in [-0.15, -0.1) is 0 Å². The largest absolute Gasteiger partial charge is 0.255 e. The van der Waals surface area contributed by atoms with Gasteiger partial charge in [0.1, 0.15) is 0 Å². The minimum Gasteiger partial charge on any atom is -0.255 e. The van der Waals surface area contributed by atoms with Crippen LogP contribution in [0.3, 0.4) is 0 Å². The zero-order valence-electron chi connectivity index (χ0n) is 2.29. The zero-order chi connectivity index (χ0) is 4.00. The molecule has 0 saturated heterocycles. The van der Waals surface area contributed by atoms with Crippen molar-refractivity contribution in [2.75, 3.05) is 0 Å². The van der Waals surface area contributed by atoms with Crippen molar-refractivity contribution in [1.82, 2.24) is 0 Å². The Hall–Kier alpha value is 0.190. The summed E-state index contributed by atoms with van der Waals surface area (Å²) in [5.74, 6) is 0. The van der Waals surface area contributed by atoms with Crippen LogP contribution in [0.15, 0.2) is 0 Å². The monoisotopic (exact) mass is 102 g/mol. The first-order valence-electron chi connectivity index (χ1n) is 0.400. The quantitative estimate of drug-likeness (QED) is 0.259. The van der Waals surface area contributed by atoms with Crippen LogP contribution in [0.1, 0.15) is 0 Å². The Morgan fingerprint density at radius 3 is 0.600 bits per heavy atom. The van der Waals surface area contributed by atoms with Crippen LogP contribution >= 0.6 is 13.5 Å². The molecule has 0 rings (SSSR count). The average Bonchev–Trinajstić information content (AvgIpc) is 1.50. The van der Waals surface area contributed by atoms with Gasteiger partial charge in [0, 0.05) is 0 Å². The Morgan fingerprint density at radius 2 is 0.600 bits per heavy atom. The summed E-state index contributed by atoms with van der Waals surface area (Å²) in [5.41, 5.74) is 0. The van der Waals surface area contributed by atoms with Gasteiger partial charge in [-0.1, -0.05) is 0 Å². The highest BCUT2D eigenvalue weighted by Gasteiger charge is 0.747. The third kappa shape index (κ3) is 557. The Labute approximate surface area is 35.6 Å². The van der Waals surface area contributed by atoms with Gasteiger partial charge in [-0.05, 0) is 0 Å². The molecule has 0 unspecified atom stereocenters. The lowest BCUT2D eigenvalue weighted by atomic mass is 15.0. The number of rotatable bonds is 0. The minimum atomic E-state index is 0. The predicted octanol–water partition coefficient (Wildman–Crippen LogP) is 0.148. The molecule has 0 aromatic heterocycles. The van der Waals surface area contributed by atoms with Crippen molar-refractivity contribution in [3.05, 3.63) is 0 Å². The number of hydrogen-bond donors (Lipinski definition) is 4. The van der Waals surface area contributed by atoms with Gasteiger partial charge in [-0.2, -0.15) is 13.5 Å². The predicted molar refractivity (Wildman–Crippen MR) is 20.9 cm³/mol. The average molecular weight is 102 g/mol. The first-order chi connectivity index (χ1) is 2.00. The van der Waals surface area contributed by atoms with E-state index in [1.807, 2.05) is 0 Å². The maximum Gasteiger partial charge on any atom is -0.197 e. The Bertz CT molecular complexity index is 3.61. The van der Waals surface area contributed by atoms with Crippen LogP contribution in [-0.2, 0) is 0 Å². The summed E-state index contributed by atoms with van der Waals surface area (Å²) in [6.07, 6.45) is 0. The molecule has 36 valence electrons. The fourth-order valence-corrected chi connectivity index (χ4v) is 0. The molecule has 4 nitrogen and oxygen atoms in total. The molecule has 0 aromatic carbocycles. The summed E-state index contributed by atoms with van der Waals surface area (Å²) in [6.45, 7) is 0. The van der Waals surface area contributed by atoms with Crippen LogP contribution in [0.5, 0.6) is 0 Å². The second kappa shape index (κ2) is 1180. The van der Waals surface area contributed by atoms with E-state index >= 15 is 0 Å². The molecule has 0 amide bonds. The maximum atomic E-state index is 6.00. The van der Waals surface area contributed by atoms with E-state index in [1.165, 1.54) is 0 Å². The highest BCUT2D eigenvalue weighted by atomic mass is 32.1. The molecular weight excluding hydrogens is 96.1 g/mol. The standard InChI is InChI=1S/2H2O2.H2S/c2*1-2;/h2*1-2H;1H2. The Kier molecular flexibility index (Phi) is 4490. The molecule has 0 heterocycles. The van der Waals surface area contributed by atoms with Crippen LogP contribution in [0.2, 0.25) is 0 Å². The lowest BCUT2D eigenvalue weighted by molar-refractivity contribution is -0.176. The molecular formula is H6O4S. The van der Waals surface area contributed by atoms with E-state index in [-0.39, 0.29) is 13.5 Å².